The minimum absolute atomic E-state index is 0. The van der Waals surface area contributed by atoms with E-state index < -0.39 is 0 Å². The summed E-state index contributed by atoms with van der Waals surface area (Å²) >= 11 is 0. The number of methoxy groups -OCH3 is 2. The maximum atomic E-state index is 5.50. The molecule has 9 heteroatoms. The maximum Gasteiger partial charge on any atom is 0.191 e. The van der Waals surface area contributed by atoms with Gasteiger partial charge in [-0.2, -0.15) is 0 Å². The van der Waals surface area contributed by atoms with Crippen LogP contribution >= 0.6 is 24.0 Å². The Morgan fingerprint density at radius 2 is 1.94 bits per heavy atom. The Morgan fingerprint density at radius 1 is 1.12 bits per heavy atom. The lowest BCUT2D eigenvalue weighted by Crippen LogP contribution is -2.37. The minimum atomic E-state index is 0. The van der Waals surface area contributed by atoms with Crippen LogP contribution in [0.3, 0.4) is 0 Å². The van der Waals surface area contributed by atoms with E-state index in [1.54, 1.807) is 21.3 Å². The van der Waals surface area contributed by atoms with Gasteiger partial charge < -0.3 is 29.6 Å². The molecule has 3 aromatic rings. The summed E-state index contributed by atoms with van der Waals surface area (Å²) in [5, 5.41) is 12.0. The van der Waals surface area contributed by atoms with Crippen molar-refractivity contribution in [1.29, 1.82) is 0 Å². The van der Waals surface area contributed by atoms with Crippen LogP contribution in [0.5, 0.6) is 11.5 Å². The molecule has 0 bridgehead atoms. The zero-order chi connectivity index (χ0) is 22.2. The van der Waals surface area contributed by atoms with Crippen molar-refractivity contribution in [2.45, 2.75) is 46.1 Å². The van der Waals surface area contributed by atoms with E-state index in [0.717, 1.165) is 83.3 Å². The van der Waals surface area contributed by atoms with Crippen molar-refractivity contribution in [1.82, 2.24) is 20.8 Å². The second-order valence-corrected chi connectivity index (χ2v) is 7.28. The minimum Gasteiger partial charge on any atom is -0.497 e. The Bertz CT molecular complexity index is 1010. The van der Waals surface area contributed by atoms with Gasteiger partial charge in [0.1, 0.15) is 17.3 Å². The van der Waals surface area contributed by atoms with Gasteiger partial charge in [-0.05, 0) is 25.3 Å². The third kappa shape index (κ3) is 6.08. The Balaban J connectivity index is 0.00000363. The number of guanidine groups is 1. The number of nitrogens with zero attached hydrogens (tertiary/aromatic N) is 2. The maximum absolute atomic E-state index is 5.50. The molecule has 0 amide bonds. The Morgan fingerprint density at radius 3 is 2.59 bits per heavy atom. The molecule has 0 unspecified atom stereocenters. The first-order valence-electron chi connectivity index (χ1n) is 10.8. The molecule has 0 fully saturated rings. The van der Waals surface area contributed by atoms with Gasteiger partial charge in [0.2, 0.25) is 0 Å². The SMILES string of the molecule is CCc1noc(CC)c1CNC(=NC)NCCCc1cc2c(OC)cc(OC)cc2[nH]1.I. The van der Waals surface area contributed by atoms with Gasteiger partial charge in [-0.15, -0.1) is 24.0 Å². The van der Waals surface area contributed by atoms with Crippen LogP contribution in [-0.2, 0) is 25.8 Å². The molecule has 0 radical (unpaired) electrons. The molecule has 0 spiro atoms. The second-order valence-electron chi connectivity index (χ2n) is 7.28. The van der Waals surface area contributed by atoms with Crippen LogP contribution in [0.4, 0.5) is 0 Å². The van der Waals surface area contributed by atoms with E-state index in [2.05, 4.69) is 45.7 Å². The predicted octanol–water partition coefficient (Wildman–Crippen LogP) is 4.21. The fourth-order valence-corrected chi connectivity index (χ4v) is 3.67. The van der Waals surface area contributed by atoms with Crippen molar-refractivity contribution in [3.8, 4) is 11.5 Å². The third-order valence-electron chi connectivity index (χ3n) is 5.36. The molecule has 0 aliphatic carbocycles. The molecule has 0 aliphatic rings. The lowest BCUT2D eigenvalue weighted by atomic mass is 10.1. The van der Waals surface area contributed by atoms with Gasteiger partial charge in [-0.3, -0.25) is 4.99 Å². The lowest BCUT2D eigenvalue weighted by Gasteiger charge is -2.12. The average Bonchev–Trinajstić information content (AvgIpc) is 3.40. The van der Waals surface area contributed by atoms with Crippen LogP contribution in [-0.4, -0.2) is 43.9 Å². The average molecular weight is 555 g/mol. The summed E-state index contributed by atoms with van der Waals surface area (Å²) in [7, 11) is 5.12. The normalized spacial score (nSPS) is 11.3. The zero-order valence-electron chi connectivity index (χ0n) is 19.5. The highest BCUT2D eigenvalue weighted by molar-refractivity contribution is 14.0. The summed E-state index contributed by atoms with van der Waals surface area (Å²) < 4.78 is 16.3. The fourth-order valence-electron chi connectivity index (χ4n) is 3.67. The molecule has 0 saturated carbocycles. The van der Waals surface area contributed by atoms with Crippen molar-refractivity contribution in [2.24, 2.45) is 4.99 Å². The first-order valence-corrected chi connectivity index (χ1v) is 10.8. The molecule has 3 rings (SSSR count). The molecule has 8 nitrogen and oxygen atoms in total. The van der Waals surface area contributed by atoms with E-state index in [0.29, 0.717) is 6.54 Å². The number of aryl methyl sites for hydroxylation is 3. The molecular weight excluding hydrogens is 521 g/mol. The summed E-state index contributed by atoms with van der Waals surface area (Å²) in [6.45, 7) is 5.62. The molecule has 2 heterocycles. The second kappa shape index (κ2) is 12.6. The lowest BCUT2D eigenvalue weighted by molar-refractivity contribution is 0.380. The number of aromatic amines is 1. The summed E-state index contributed by atoms with van der Waals surface area (Å²) in [6.07, 6.45) is 3.56. The number of ether oxygens (including phenoxy) is 2. The molecule has 1 aromatic carbocycles. The van der Waals surface area contributed by atoms with Gasteiger partial charge in [0.15, 0.2) is 5.96 Å². The van der Waals surface area contributed by atoms with Crippen LogP contribution in [0.25, 0.3) is 10.9 Å². The highest BCUT2D eigenvalue weighted by atomic mass is 127. The summed E-state index contributed by atoms with van der Waals surface area (Å²) in [5.74, 6) is 3.30. The molecule has 0 aliphatic heterocycles. The van der Waals surface area contributed by atoms with Crippen LogP contribution in [0.1, 0.15) is 43.0 Å². The molecule has 0 atom stereocenters. The topological polar surface area (TPSA) is 96.7 Å². The number of rotatable bonds is 10. The number of aliphatic imine (C=N–C) groups is 1. The fraction of sp³-hybridized carbons (Fsp3) is 0.478. The standard InChI is InChI=1S/C23H33N5O3.HI/c1-6-19-18(21(7-2)31-28-19)14-26-23(24-3)25-10-8-9-15-11-17-20(27-15)12-16(29-4)13-22(17)30-5;/h11-13,27H,6-10,14H2,1-5H3,(H2,24,25,26);1H. The van der Waals surface area contributed by atoms with Crippen molar-refractivity contribution < 1.29 is 14.0 Å². The Hall–Kier alpha value is -2.43. The first kappa shape index (κ1) is 25.8. The van der Waals surface area contributed by atoms with E-state index in [9.17, 15) is 0 Å². The third-order valence-corrected chi connectivity index (χ3v) is 5.36. The van der Waals surface area contributed by atoms with Gasteiger partial charge in [0.05, 0.1) is 25.4 Å². The number of hydrogen-bond acceptors (Lipinski definition) is 5. The van der Waals surface area contributed by atoms with E-state index >= 15 is 0 Å². The predicted molar refractivity (Wildman–Crippen MR) is 139 cm³/mol. The molecular formula is C23H34IN5O3. The molecule has 0 saturated heterocycles. The molecule has 32 heavy (non-hydrogen) atoms. The van der Waals surface area contributed by atoms with Crippen molar-refractivity contribution in [2.75, 3.05) is 27.8 Å². The highest BCUT2D eigenvalue weighted by Gasteiger charge is 2.13. The molecule has 176 valence electrons. The summed E-state index contributed by atoms with van der Waals surface area (Å²) in [4.78, 5) is 7.79. The van der Waals surface area contributed by atoms with Crippen molar-refractivity contribution in [3.05, 3.63) is 40.9 Å². The van der Waals surface area contributed by atoms with Gasteiger partial charge in [0, 0.05) is 55.3 Å². The Labute approximate surface area is 206 Å². The summed E-state index contributed by atoms with van der Waals surface area (Å²) in [6, 6.07) is 6.04. The van der Waals surface area contributed by atoms with Crippen LogP contribution in [0, 0.1) is 0 Å². The van der Waals surface area contributed by atoms with Gasteiger partial charge in [0.25, 0.3) is 0 Å². The van der Waals surface area contributed by atoms with Gasteiger partial charge in [-0.25, -0.2) is 0 Å². The monoisotopic (exact) mass is 555 g/mol. The van der Waals surface area contributed by atoms with Crippen molar-refractivity contribution in [3.63, 3.8) is 0 Å². The number of fused-ring (bicyclic) bond motifs is 1. The van der Waals surface area contributed by atoms with E-state index in [1.807, 2.05) is 12.1 Å². The molecule has 2 aromatic heterocycles. The van der Waals surface area contributed by atoms with Gasteiger partial charge in [-0.1, -0.05) is 19.0 Å². The van der Waals surface area contributed by atoms with E-state index in [-0.39, 0.29) is 24.0 Å². The highest BCUT2D eigenvalue weighted by Crippen LogP contribution is 2.31. The number of benzene rings is 1. The quantitative estimate of drug-likeness (QED) is 0.150. The van der Waals surface area contributed by atoms with Crippen LogP contribution in [0.15, 0.2) is 27.7 Å². The number of halogens is 1. The van der Waals surface area contributed by atoms with E-state index in [1.165, 1.54) is 0 Å². The first-order chi connectivity index (χ1) is 15.1. The van der Waals surface area contributed by atoms with Crippen LogP contribution < -0.4 is 20.1 Å². The molecule has 3 N–H and O–H groups in total. The number of aromatic nitrogens is 2. The number of nitrogens with one attached hydrogen (secondary N) is 3. The smallest absolute Gasteiger partial charge is 0.191 e. The van der Waals surface area contributed by atoms with Crippen LogP contribution in [0.2, 0.25) is 0 Å². The Kier molecular flexibility index (Phi) is 10.1. The van der Waals surface area contributed by atoms with Gasteiger partial charge >= 0.3 is 0 Å². The number of hydrogen-bond donors (Lipinski definition) is 3. The number of H-pyrrole nitrogens is 1. The largest absolute Gasteiger partial charge is 0.497 e. The van der Waals surface area contributed by atoms with Crippen molar-refractivity contribution >= 4 is 40.8 Å². The van der Waals surface area contributed by atoms with E-state index in [4.69, 9.17) is 14.0 Å². The zero-order valence-corrected chi connectivity index (χ0v) is 21.8. The summed E-state index contributed by atoms with van der Waals surface area (Å²) in [5.41, 5.74) is 4.32.